The number of hydrogen-bond donors (Lipinski definition) is 2. The summed E-state index contributed by atoms with van der Waals surface area (Å²) >= 11 is 7.60. The third kappa shape index (κ3) is 4.30. The van der Waals surface area contributed by atoms with Gasteiger partial charge in [0.1, 0.15) is 16.9 Å². The maximum Gasteiger partial charge on any atom is 0.342 e. The quantitative estimate of drug-likeness (QED) is 0.379. The summed E-state index contributed by atoms with van der Waals surface area (Å²) in [6, 6.07) is 11.4. The monoisotopic (exact) mass is 627 g/mol. The number of ether oxygens (including phenoxy) is 1. The second kappa shape index (κ2) is 8.10. The summed E-state index contributed by atoms with van der Waals surface area (Å²) in [5.41, 5.74) is 0.513. The molecular formula is C18H16BrI2NO3. The Morgan fingerprint density at radius 2 is 1.80 bits per heavy atom. The van der Waals surface area contributed by atoms with Gasteiger partial charge >= 0.3 is 5.97 Å². The first-order valence-electron chi connectivity index (χ1n) is 7.79. The van der Waals surface area contributed by atoms with Gasteiger partial charge in [0, 0.05) is 20.9 Å². The molecule has 1 aliphatic rings. The van der Waals surface area contributed by atoms with Crippen molar-refractivity contribution in [2.24, 2.45) is 0 Å². The van der Waals surface area contributed by atoms with Gasteiger partial charge < -0.3 is 15.2 Å². The van der Waals surface area contributed by atoms with E-state index < -0.39 is 11.6 Å². The minimum atomic E-state index is -0.678. The lowest BCUT2D eigenvalue weighted by Crippen LogP contribution is -2.43. The molecule has 0 atom stereocenters. The van der Waals surface area contributed by atoms with Crippen molar-refractivity contribution >= 4 is 67.1 Å². The van der Waals surface area contributed by atoms with Gasteiger partial charge in [0.15, 0.2) is 0 Å². The van der Waals surface area contributed by atoms with E-state index in [9.17, 15) is 9.90 Å². The minimum absolute atomic E-state index is 0.0223. The van der Waals surface area contributed by atoms with Gasteiger partial charge in [0.05, 0.1) is 3.57 Å². The SMILES string of the molecule is O=C(OC1(c2ccc(Br)cc2)CCNCC1)c1cc(I)cc(I)c1O. The van der Waals surface area contributed by atoms with Crippen LogP contribution in [0.3, 0.4) is 0 Å². The second-order valence-corrected chi connectivity index (χ2v) is 9.25. The van der Waals surface area contributed by atoms with E-state index in [-0.39, 0.29) is 11.3 Å². The third-order valence-corrected chi connectivity index (χ3v) is 6.29. The fourth-order valence-electron chi connectivity index (χ4n) is 2.99. The van der Waals surface area contributed by atoms with Crippen LogP contribution in [-0.4, -0.2) is 24.2 Å². The molecule has 1 heterocycles. The number of esters is 1. The first-order valence-corrected chi connectivity index (χ1v) is 10.7. The van der Waals surface area contributed by atoms with Crippen LogP contribution in [0.2, 0.25) is 0 Å². The molecule has 2 aromatic rings. The number of phenolic OH excluding ortho intramolecular Hbond substituents is 1. The van der Waals surface area contributed by atoms with Crippen molar-refractivity contribution in [3.8, 4) is 5.75 Å². The Labute approximate surface area is 182 Å². The van der Waals surface area contributed by atoms with Crippen molar-refractivity contribution in [3.05, 3.63) is 59.1 Å². The lowest BCUT2D eigenvalue weighted by molar-refractivity contribution is -0.0380. The van der Waals surface area contributed by atoms with E-state index in [1.807, 2.05) is 52.9 Å². The molecule has 0 aromatic heterocycles. The largest absolute Gasteiger partial charge is 0.506 e. The highest BCUT2D eigenvalue weighted by molar-refractivity contribution is 14.1. The normalized spacial score (nSPS) is 16.4. The van der Waals surface area contributed by atoms with Crippen molar-refractivity contribution in [3.63, 3.8) is 0 Å². The van der Waals surface area contributed by atoms with Crippen LogP contribution in [0.25, 0.3) is 0 Å². The highest BCUT2D eigenvalue weighted by Gasteiger charge is 2.38. The number of carbonyl (C=O) groups excluding carboxylic acids is 1. The number of benzene rings is 2. The zero-order valence-electron chi connectivity index (χ0n) is 13.2. The molecule has 0 amide bonds. The number of aromatic hydroxyl groups is 1. The molecule has 132 valence electrons. The maximum absolute atomic E-state index is 12.9. The first-order chi connectivity index (χ1) is 11.9. The molecule has 0 bridgehead atoms. The molecular weight excluding hydrogens is 612 g/mol. The van der Waals surface area contributed by atoms with Gasteiger partial charge in [-0.25, -0.2) is 4.79 Å². The highest BCUT2D eigenvalue weighted by atomic mass is 127. The summed E-state index contributed by atoms with van der Waals surface area (Å²) in [6.45, 7) is 1.55. The number of nitrogens with one attached hydrogen (secondary N) is 1. The summed E-state index contributed by atoms with van der Waals surface area (Å²) in [5.74, 6) is -0.510. The predicted molar refractivity (Wildman–Crippen MR) is 117 cm³/mol. The lowest BCUT2D eigenvalue weighted by Gasteiger charge is -2.37. The number of rotatable bonds is 3. The lowest BCUT2D eigenvalue weighted by atomic mass is 9.84. The van der Waals surface area contributed by atoms with Gasteiger partial charge in [0.2, 0.25) is 0 Å². The molecule has 0 radical (unpaired) electrons. The fraction of sp³-hybridized carbons (Fsp3) is 0.278. The number of carbonyl (C=O) groups is 1. The minimum Gasteiger partial charge on any atom is -0.506 e. The standard InChI is InChI=1S/C18H16BrI2NO3/c19-12-3-1-11(2-4-12)18(5-7-22-8-6-18)25-17(24)14-9-13(20)10-15(21)16(14)23/h1-4,9-10,22-23H,5-8H2. The van der Waals surface area contributed by atoms with Gasteiger partial charge in [-0.05, 0) is 88.1 Å². The van der Waals surface area contributed by atoms with Crippen LogP contribution in [0.5, 0.6) is 5.75 Å². The van der Waals surface area contributed by atoms with Gasteiger partial charge in [-0.2, -0.15) is 0 Å². The van der Waals surface area contributed by atoms with Crippen LogP contribution < -0.4 is 5.32 Å². The highest BCUT2D eigenvalue weighted by Crippen LogP contribution is 2.37. The van der Waals surface area contributed by atoms with E-state index in [1.54, 1.807) is 6.07 Å². The van der Waals surface area contributed by atoms with E-state index in [2.05, 4.69) is 43.8 Å². The Balaban J connectivity index is 1.96. The number of halogens is 3. The third-order valence-electron chi connectivity index (χ3n) is 4.32. The van der Waals surface area contributed by atoms with Crippen molar-refractivity contribution in [1.82, 2.24) is 5.32 Å². The molecule has 4 nitrogen and oxygen atoms in total. The molecule has 7 heteroatoms. The van der Waals surface area contributed by atoms with Crippen LogP contribution in [0, 0.1) is 7.14 Å². The smallest absolute Gasteiger partial charge is 0.342 e. The van der Waals surface area contributed by atoms with E-state index in [0.717, 1.165) is 26.7 Å². The average molecular weight is 628 g/mol. The Kier molecular flexibility index (Phi) is 6.27. The van der Waals surface area contributed by atoms with Crippen molar-refractivity contribution < 1.29 is 14.6 Å². The molecule has 0 unspecified atom stereocenters. The molecule has 0 saturated carbocycles. The summed E-state index contributed by atoms with van der Waals surface area (Å²) < 4.78 is 8.53. The summed E-state index contributed by atoms with van der Waals surface area (Å²) in [5, 5.41) is 13.6. The maximum atomic E-state index is 12.9. The van der Waals surface area contributed by atoms with E-state index >= 15 is 0 Å². The Morgan fingerprint density at radius 1 is 1.16 bits per heavy atom. The Hall–Kier alpha value is -0.390. The number of piperidine rings is 1. The molecule has 2 N–H and O–H groups in total. The zero-order chi connectivity index (χ0) is 18.0. The molecule has 2 aromatic carbocycles. The van der Waals surface area contributed by atoms with E-state index in [0.29, 0.717) is 16.4 Å². The molecule has 0 spiro atoms. The molecule has 1 saturated heterocycles. The zero-order valence-corrected chi connectivity index (χ0v) is 19.1. The second-order valence-electron chi connectivity index (χ2n) is 5.92. The van der Waals surface area contributed by atoms with Crippen LogP contribution in [0.4, 0.5) is 0 Å². The average Bonchev–Trinajstić information content (AvgIpc) is 2.59. The Bertz CT molecular complexity index is 790. The number of phenols is 1. The van der Waals surface area contributed by atoms with Crippen LogP contribution in [0.1, 0.15) is 28.8 Å². The molecule has 3 rings (SSSR count). The van der Waals surface area contributed by atoms with Crippen LogP contribution in [-0.2, 0) is 10.3 Å². The Morgan fingerprint density at radius 3 is 2.44 bits per heavy atom. The summed E-state index contributed by atoms with van der Waals surface area (Å²) in [7, 11) is 0. The topological polar surface area (TPSA) is 58.6 Å². The van der Waals surface area contributed by atoms with Gasteiger partial charge in [-0.15, -0.1) is 0 Å². The van der Waals surface area contributed by atoms with Crippen molar-refractivity contribution in [2.45, 2.75) is 18.4 Å². The number of hydrogen-bond acceptors (Lipinski definition) is 4. The molecule has 1 fully saturated rings. The van der Waals surface area contributed by atoms with Crippen LogP contribution in [0.15, 0.2) is 40.9 Å². The van der Waals surface area contributed by atoms with Crippen LogP contribution >= 0.6 is 61.1 Å². The van der Waals surface area contributed by atoms with Gasteiger partial charge in [-0.3, -0.25) is 0 Å². The van der Waals surface area contributed by atoms with E-state index in [1.165, 1.54) is 0 Å². The fourth-order valence-corrected chi connectivity index (χ4v) is 5.10. The summed E-state index contributed by atoms with van der Waals surface area (Å²) in [4.78, 5) is 12.9. The van der Waals surface area contributed by atoms with Gasteiger partial charge in [-0.1, -0.05) is 28.1 Å². The molecule has 25 heavy (non-hydrogen) atoms. The molecule has 0 aliphatic carbocycles. The predicted octanol–water partition coefficient (Wildman–Crippen LogP) is 4.80. The van der Waals surface area contributed by atoms with E-state index in [4.69, 9.17) is 4.74 Å². The summed E-state index contributed by atoms with van der Waals surface area (Å²) in [6.07, 6.45) is 1.39. The first kappa shape index (κ1) is 19.4. The van der Waals surface area contributed by atoms with Crippen molar-refractivity contribution in [1.29, 1.82) is 0 Å². The van der Waals surface area contributed by atoms with Crippen molar-refractivity contribution in [2.75, 3.05) is 13.1 Å². The van der Waals surface area contributed by atoms with Gasteiger partial charge in [0.25, 0.3) is 0 Å². The molecule has 1 aliphatic heterocycles.